The van der Waals surface area contributed by atoms with Gasteiger partial charge in [0.25, 0.3) is 0 Å². The molecule has 1 N–H and O–H groups in total. The zero-order valence-corrected chi connectivity index (χ0v) is 13.4. The van der Waals surface area contributed by atoms with Crippen molar-refractivity contribution in [2.75, 3.05) is 13.1 Å². The highest BCUT2D eigenvalue weighted by Crippen LogP contribution is 2.39. The Labute approximate surface area is 131 Å². The molecule has 1 aliphatic rings. The number of nitrogens with zero attached hydrogens (tertiary/aromatic N) is 1. The second-order valence-corrected chi connectivity index (χ2v) is 7.20. The number of carboxylic acids is 1. The molecule has 3 rings (SSSR count). The molecular weight excluding hydrogens is 274 g/mol. The summed E-state index contributed by atoms with van der Waals surface area (Å²) in [6, 6.07) is 14.5. The molecule has 2 atom stereocenters. The van der Waals surface area contributed by atoms with E-state index in [2.05, 4.69) is 49.9 Å². The van der Waals surface area contributed by atoms with Gasteiger partial charge in [0.2, 0.25) is 0 Å². The molecule has 0 bridgehead atoms. The van der Waals surface area contributed by atoms with Gasteiger partial charge in [-0.15, -0.1) is 0 Å². The van der Waals surface area contributed by atoms with Crippen molar-refractivity contribution in [3.8, 4) is 0 Å². The molecule has 22 heavy (non-hydrogen) atoms. The van der Waals surface area contributed by atoms with Crippen LogP contribution in [-0.4, -0.2) is 34.6 Å². The largest absolute Gasteiger partial charge is 0.481 e. The standard InChI is InChI=1S/C19H23NO2/c1-19(2,3)20-11-16(17(12-20)18(21)22)15-10-6-8-13-7-4-5-9-14(13)15/h4-10,16-17H,11-12H2,1-3H3,(H,21,22)/t16-,17+/m1/s1. The molecule has 116 valence electrons. The number of hydrogen-bond acceptors (Lipinski definition) is 2. The summed E-state index contributed by atoms with van der Waals surface area (Å²) in [5.74, 6) is -0.988. The van der Waals surface area contributed by atoms with Gasteiger partial charge in [-0.25, -0.2) is 0 Å². The molecule has 3 heteroatoms. The first-order valence-electron chi connectivity index (χ1n) is 7.83. The third-order valence-corrected chi connectivity index (χ3v) is 4.81. The van der Waals surface area contributed by atoms with Crippen molar-refractivity contribution in [1.82, 2.24) is 4.90 Å². The van der Waals surface area contributed by atoms with Crippen LogP contribution in [0, 0.1) is 5.92 Å². The molecule has 3 nitrogen and oxygen atoms in total. The van der Waals surface area contributed by atoms with E-state index in [1.807, 2.05) is 18.2 Å². The average Bonchev–Trinajstić information content (AvgIpc) is 2.92. The van der Waals surface area contributed by atoms with E-state index in [0.29, 0.717) is 6.54 Å². The summed E-state index contributed by atoms with van der Waals surface area (Å²) in [6.07, 6.45) is 0. The quantitative estimate of drug-likeness (QED) is 0.918. The minimum absolute atomic E-state index is 0.00691. The van der Waals surface area contributed by atoms with Gasteiger partial charge in [0, 0.05) is 24.5 Å². The highest BCUT2D eigenvalue weighted by molar-refractivity contribution is 5.87. The maximum absolute atomic E-state index is 11.8. The van der Waals surface area contributed by atoms with Crippen LogP contribution in [0.1, 0.15) is 32.3 Å². The summed E-state index contributed by atoms with van der Waals surface area (Å²) in [4.78, 5) is 14.1. The minimum atomic E-state index is -0.690. The number of hydrogen-bond donors (Lipinski definition) is 1. The fourth-order valence-corrected chi connectivity index (χ4v) is 3.49. The Kier molecular flexibility index (Phi) is 3.69. The molecule has 0 saturated carbocycles. The van der Waals surface area contributed by atoms with Crippen LogP contribution in [0.25, 0.3) is 10.8 Å². The molecule has 1 heterocycles. The lowest BCUT2D eigenvalue weighted by Crippen LogP contribution is -2.40. The van der Waals surface area contributed by atoms with Gasteiger partial charge < -0.3 is 5.11 Å². The van der Waals surface area contributed by atoms with Crippen LogP contribution in [0.2, 0.25) is 0 Å². The molecule has 1 aliphatic heterocycles. The lowest BCUT2D eigenvalue weighted by Gasteiger charge is -2.31. The van der Waals surface area contributed by atoms with Gasteiger partial charge in [0.1, 0.15) is 0 Å². The van der Waals surface area contributed by atoms with Gasteiger partial charge >= 0.3 is 5.97 Å². The third-order valence-electron chi connectivity index (χ3n) is 4.81. The molecule has 0 radical (unpaired) electrons. The number of likely N-dealkylation sites (tertiary alicyclic amines) is 1. The van der Waals surface area contributed by atoms with Gasteiger partial charge in [0.15, 0.2) is 0 Å². The first-order valence-corrected chi connectivity index (χ1v) is 7.83. The number of aliphatic carboxylic acids is 1. The second kappa shape index (κ2) is 5.40. The van der Waals surface area contributed by atoms with Crippen molar-refractivity contribution >= 4 is 16.7 Å². The molecule has 0 unspecified atom stereocenters. The van der Waals surface area contributed by atoms with E-state index in [1.54, 1.807) is 0 Å². The van der Waals surface area contributed by atoms with Crippen LogP contribution in [0.4, 0.5) is 0 Å². The van der Waals surface area contributed by atoms with Crippen LogP contribution < -0.4 is 0 Å². The van der Waals surface area contributed by atoms with Crippen LogP contribution in [-0.2, 0) is 4.79 Å². The maximum atomic E-state index is 11.8. The maximum Gasteiger partial charge on any atom is 0.308 e. The van der Waals surface area contributed by atoms with E-state index in [0.717, 1.165) is 12.1 Å². The van der Waals surface area contributed by atoms with Crippen molar-refractivity contribution < 1.29 is 9.90 Å². The number of rotatable bonds is 2. The fourth-order valence-electron chi connectivity index (χ4n) is 3.49. The zero-order chi connectivity index (χ0) is 15.9. The summed E-state index contributed by atoms with van der Waals surface area (Å²) in [7, 11) is 0. The minimum Gasteiger partial charge on any atom is -0.481 e. The summed E-state index contributed by atoms with van der Waals surface area (Å²) < 4.78 is 0. The van der Waals surface area contributed by atoms with Crippen molar-refractivity contribution in [3.63, 3.8) is 0 Å². The lowest BCUT2D eigenvalue weighted by atomic mass is 9.86. The van der Waals surface area contributed by atoms with Gasteiger partial charge in [0.05, 0.1) is 5.92 Å². The number of carboxylic acid groups (broad SMARTS) is 1. The van der Waals surface area contributed by atoms with E-state index in [4.69, 9.17) is 0 Å². The molecule has 0 aliphatic carbocycles. The SMILES string of the molecule is CC(C)(C)N1C[C@H](C(=O)O)[C@@H](c2cccc3ccccc23)C1. The third kappa shape index (κ3) is 2.61. The number of benzene rings is 2. The topological polar surface area (TPSA) is 40.5 Å². The lowest BCUT2D eigenvalue weighted by molar-refractivity contribution is -0.141. The normalized spacial score (nSPS) is 23.0. The Hall–Kier alpha value is -1.87. The Balaban J connectivity index is 2.06. The van der Waals surface area contributed by atoms with Crippen molar-refractivity contribution in [3.05, 3.63) is 48.0 Å². The summed E-state index contributed by atoms with van der Waals surface area (Å²) in [5, 5.41) is 12.0. The second-order valence-electron chi connectivity index (χ2n) is 7.20. The predicted molar refractivity (Wildman–Crippen MR) is 89.1 cm³/mol. The highest BCUT2D eigenvalue weighted by atomic mass is 16.4. The fraction of sp³-hybridized carbons (Fsp3) is 0.421. The molecule has 0 aromatic heterocycles. The van der Waals surface area contributed by atoms with Crippen LogP contribution in [0.5, 0.6) is 0 Å². The van der Waals surface area contributed by atoms with Crippen LogP contribution in [0.3, 0.4) is 0 Å². The van der Waals surface area contributed by atoms with Crippen molar-refractivity contribution in [2.45, 2.75) is 32.2 Å². The van der Waals surface area contributed by atoms with Gasteiger partial charge in [-0.3, -0.25) is 9.69 Å². The van der Waals surface area contributed by atoms with E-state index in [9.17, 15) is 9.90 Å². The average molecular weight is 297 g/mol. The first-order chi connectivity index (χ1) is 10.4. The molecule has 1 saturated heterocycles. The van der Waals surface area contributed by atoms with E-state index < -0.39 is 5.97 Å². The monoisotopic (exact) mass is 297 g/mol. The molecule has 0 amide bonds. The molecule has 1 fully saturated rings. The highest BCUT2D eigenvalue weighted by Gasteiger charge is 2.42. The van der Waals surface area contributed by atoms with Gasteiger partial charge in [-0.05, 0) is 37.1 Å². The molecule has 2 aromatic carbocycles. The van der Waals surface area contributed by atoms with Crippen molar-refractivity contribution in [2.24, 2.45) is 5.92 Å². The van der Waals surface area contributed by atoms with E-state index in [-0.39, 0.29) is 17.4 Å². The number of fused-ring (bicyclic) bond motifs is 1. The first kappa shape index (κ1) is 15.0. The Bertz CT molecular complexity index is 697. The van der Waals surface area contributed by atoms with E-state index >= 15 is 0 Å². The predicted octanol–water partition coefficient (Wildman–Crippen LogP) is 3.74. The molecular formula is C19H23NO2. The number of carbonyl (C=O) groups is 1. The van der Waals surface area contributed by atoms with Crippen LogP contribution >= 0.6 is 0 Å². The summed E-state index contributed by atoms with van der Waals surface area (Å²) >= 11 is 0. The Morgan fingerprint density at radius 1 is 1.09 bits per heavy atom. The van der Waals surface area contributed by atoms with Gasteiger partial charge in [-0.2, -0.15) is 0 Å². The molecule has 0 spiro atoms. The van der Waals surface area contributed by atoms with E-state index in [1.165, 1.54) is 10.8 Å². The smallest absolute Gasteiger partial charge is 0.308 e. The Morgan fingerprint density at radius 2 is 1.77 bits per heavy atom. The zero-order valence-electron chi connectivity index (χ0n) is 13.4. The summed E-state index contributed by atoms with van der Waals surface area (Å²) in [5.41, 5.74) is 1.16. The molecule has 2 aromatic rings. The summed E-state index contributed by atoms with van der Waals surface area (Å²) in [6.45, 7) is 7.87. The van der Waals surface area contributed by atoms with Crippen molar-refractivity contribution in [1.29, 1.82) is 0 Å². The van der Waals surface area contributed by atoms with Gasteiger partial charge in [-0.1, -0.05) is 42.5 Å². The van der Waals surface area contributed by atoms with Crippen LogP contribution in [0.15, 0.2) is 42.5 Å². The Morgan fingerprint density at radius 3 is 2.45 bits per heavy atom.